The number of aryl methyl sites for hydroxylation is 1. The van der Waals surface area contributed by atoms with Gasteiger partial charge in [0.1, 0.15) is 6.26 Å². The zero-order valence-corrected chi connectivity index (χ0v) is 15.3. The van der Waals surface area contributed by atoms with E-state index in [9.17, 15) is 0 Å². The Morgan fingerprint density at radius 3 is 2.56 bits per heavy atom. The molecule has 1 aliphatic carbocycles. The van der Waals surface area contributed by atoms with E-state index in [0.29, 0.717) is 0 Å². The summed E-state index contributed by atoms with van der Waals surface area (Å²) in [5.74, 6) is 0.744. The van der Waals surface area contributed by atoms with Gasteiger partial charge in [0.15, 0.2) is 0 Å². The van der Waals surface area contributed by atoms with Crippen molar-refractivity contribution in [3.05, 3.63) is 41.8 Å². The Kier molecular flexibility index (Phi) is 5.18. The van der Waals surface area contributed by atoms with Crippen molar-refractivity contribution in [2.24, 2.45) is 0 Å². The summed E-state index contributed by atoms with van der Waals surface area (Å²) in [6.07, 6.45) is 8.92. The smallest absolute Gasteiger partial charge is 0.226 e. The molecule has 0 radical (unpaired) electrons. The van der Waals surface area contributed by atoms with Crippen molar-refractivity contribution < 1.29 is 4.42 Å². The van der Waals surface area contributed by atoms with Gasteiger partial charge in [-0.3, -0.25) is 9.80 Å². The minimum Gasteiger partial charge on any atom is -0.444 e. The van der Waals surface area contributed by atoms with Gasteiger partial charge in [0.05, 0.1) is 5.69 Å². The molecule has 4 heteroatoms. The van der Waals surface area contributed by atoms with Gasteiger partial charge in [0, 0.05) is 44.3 Å². The first-order valence-corrected chi connectivity index (χ1v) is 9.76. The average Bonchev–Trinajstić information content (AvgIpc) is 3.12. The lowest BCUT2D eigenvalue weighted by Crippen LogP contribution is -2.50. The summed E-state index contributed by atoms with van der Waals surface area (Å²) in [6.45, 7) is 7.68. The third-order valence-electron chi connectivity index (χ3n) is 5.81. The zero-order chi connectivity index (χ0) is 17.1. The maximum atomic E-state index is 5.74. The van der Waals surface area contributed by atoms with Crippen LogP contribution in [0.3, 0.4) is 0 Å². The number of hydrogen-bond acceptors (Lipinski definition) is 4. The Morgan fingerprint density at radius 2 is 1.80 bits per heavy atom. The quantitative estimate of drug-likeness (QED) is 0.839. The normalized spacial score (nSPS) is 20.8. The molecule has 1 aromatic carbocycles. The molecule has 2 aromatic rings. The second-order valence-corrected chi connectivity index (χ2v) is 7.56. The SMILES string of the molecule is Cc1ccccc1-c1nc(CN2CCN(C3CCCCC3)CC2)co1. The minimum atomic E-state index is 0.744. The van der Waals surface area contributed by atoms with Crippen molar-refractivity contribution in [3.63, 3.8) is 0 Å². The van der Waals surface area contributed by atoms with E-state index in [-0.39, 0.29) is 0 Å². The number of rotatable bonds is 4. The summed E-state index contributed by atoms with van der Waals surface area (Å²) in [6, 6.07) is 9.11. The van der Waals surface area contributed by atoms with Crippen LogP contribution in [0.25, 0.3) is 11.5 Å². The number of piperazine rings is 1. The summed E-state index contributed by atoms with van der Waals surface area (Å²) < 4.78 is 5.74. The molecule has 1 aromatic heterocycles. The van der Waals surface area contributed by atoms with E-state index in [4.69, 9.17) is 9.40 Å². The summed E-state index contributed by atoms with van der Waals surface area (Å²) >= 11 is 0. The van der Waals surface area contributed by atoms with Crippen LogP contribution in [0.1, 0.15) is 43.4 Å². The standard InChI is InChI=1S/C21H29N3O/c1-17-7-5-6-10-20(17)21-22-18(16-25-21)15-23-11-13-24(14-12-23)19-8-3-2-4-9-19/h5-7,10,16,19H,2-4,8-9,11-15H2,1H3. The Morgan fingerprint density at radius 1 is 1.04 bits per heavy atom. The molecule has 2 aliphatic rings. The largest absolute Gasteiger partial charge is 0.444 e. The fourth-order valence-corrected chi connectivity index (χ4v) is 4.28. The predicted molar refractivity (Wildman–Crippen MR) is 100 cm³/mol. The van der Waals surface area contributed by atoms with E-state index >= 15 is 0 Å². The third-order valence-corrected chi connectivity index (χ3v) is 5.81. The van der Waals surface area contributed by atoms with Crippen molar-refractivity contribution in [1.29, 1.82) is 0 Å². The van der Waals surface area contributed by atoms with Gasteiger partial charge in [-0.05, 0) is 31.4 Å². The van der Waals surface area contributed by atoms with E-state index < -0.39 is 0 Å². The molecule has 0 amide bonds. The fourth-order valence-electron chi connectivity index (χ4n) is 4.28. The molecule has 25 heavy (non-hydrogen) atoms. The van der Waals surface area contributed by atoms with E-state index in [1.807, 2.05) is 12.3 Å². The van der Waals surface area contributed by atoms with Gasteiger partial charge in [0.25, 0.3) is 0 Å². The topological polar surface area (TPSA) is 32.5 Å². The first-order chi connectivity index (χ1) is 12.3. The summed E-state index contributed by atoms with van der Waals surface area (Å²) in [4.78, 5) is 9.95. The van der Waals surface area contributed by atoms with Crippen molar-refractivity contribution in [1.82, 2.24) is 14.8 Å². The molecule has 0 atom stereocenters. The number of nitrogens with zero attached hydrogens (tertiary/aromatic N) is 3. The Bertz CT molecular complexity index is 682. The molecule has 0 N–H and O–H groups in total. The molecule has 1 saturated heterocycles. The van der Waals surface area contributed by atoms with E-state index in [2.05, 4.69) is 34.9 Å². The lowest BCUT2D eigenvalue weighted by molar-refractivity contribution is 0.0749. The van der Waals surface area contributed by atoms with Crippen LogP contribution in [0.4, 0.5) is 0 Å². The Hall–Kier alpha value is -1.65. The Balaban J connectivity index is 1.32. The molecule has 1 saturated carbocycles. The van der Waals surface area contributed by atoms with Crippen LogP contribution in [0.5, 0.6) is 0 Å². The van der Waals surface area contributed by atoms with E-state index in [1.54, 1.807) is 0 Å². The molecular weight excluding hydrogens is 310 g/mol. The minimum absolute atomic E-state index is 0.744. The highest BCUT2D eigenvalue weighted by molar-refractivity contribution is 5.58. The lowest BCUT2D eigenvalue weighted by atomic mass is 9.94. The third kappa shape index (κ3) is 3.96. The second kappa shape index (κ2) is 7.71. The van der Waals surface area contributed by atoms with Crippen LogP contribution in [0, 0.1) is 6.92 Å². The molecular formula is C21H29N3O. The monoisotopic (exact) mass is 339 g/mol. The maximum absolute atomic E-state index is 5.74. The van der Waals surface area contributed by atoms with Gasteiger partial charge in [-0.1, -0.05) is 37.5 Å². The lowest BCUT2D eigenvalue weighted by Gasteiger charge is -2.40. The van der Waals surface area contributed by atoms with Crippen LogP contribution in [0.15, 0.2) is 34.9 Å². The average molecular weight is 339 g/mol. The van der Waals surface area contributed by atoms with Crippen molar-refractivity contribution in [3.8, 4) is 11.5 Å². The van der Waals surface area contributed by atoms with E-state index in [1.165, 1.54) is 50.8 Å². The van der Waals surface area contributed by atoms with Crippen LogP contribution >= 0.6 is 0 Å². The summed E-state index contributed by atoms with van der Waals surface area (Å²) in [5.41, 5.74) is 3.34. The molecule has 1 aliphatic heterocycles. The summed E-state index contributed by atoms with van der Waals surface area (Å²) in [5, 5.41) is 0. The Labute approximate surface area is 150 Å². The molecule has 0 bridgehead atoms. The number of hydrogen-bond donors (Lipinski definition) is 0. The van der Waals surface area contributed by atoms with Gasteiger partial charge in [0.2, 0.25) is 5.89 Å². The number of aromatic nitrogens is 1. The fraction of sp³-hybridized carbons (Fsp3) is 0.571. The highest BCUT2D eigenvalue weighted by atomic mass is 16.3. The van der Waals surface area contributed by atoms with E-state index in [0.717, 1.165) is 42.8 Å². The predicted octanol–water partition coefficient (Wildman–Crippen LogP) is 4.10. The molecule has 2 fully saturated rings. The molecule has 0 spiro atoms. The molecule has 2 heterocycles. The highest BCUT2D eigenvalue weighted by Crippen LogP contribution is 2.25. The van der Waals surface area contributed by atoms with Crippen LogP contribution < -0.4 is 0 Å². The maximum Gasteiger partial charge on any atom is 0.226 e. The highest BCUT2D eigenvalue weighted by Gasteiger charge is 2.25. The molecule has 134 valence electrons. The van der Waals surface area contributed by atoms with Crippen molar-refractivity contribution >= 4 is 0 Å². The van der Waals surface area contributed by atoms with Gasteiger partial charge < -0.3 is 4.42 Å². The molecule has 0 unspecified atom stereocenters. The number of oxazole rings is 1. The van der Waals surface area contributed by atoms with Gasteiger partial charge in [-0.15, -0.1) is 0 Å². The molecule has 4 nitrogen and oxygen atoms in total. The van der Waals surface area contributed by atoms with Crippen molar-refractivity contribution in [2.75, 3.05) is 26.2 Å². The van der Waals surface area contributed by atoms with Gasteiger partial charge in [-0.2, -0.15) is 0 Å². The van der Waals surface area contributed by atoms with Gasteiger partial charge >= 0.3 is 0 Å². The van der Waals surface area contributed by atoms with Crippen LogP contribution in [-0.4, -0.2) is 47.0 Å². The van der Waals surface area contributed by atoms with Crippen molar-refractivity contribution in [2.45, 2.75) is 51.6 Å². The first kappa shape index (κ1) is 16.8. The zero-order valence-electron chi connectivity index (χ0n) is 15.3. The second-order valence-electron chi connectivity index (χ2n) is 7.56. The van der Waals surface area contributed by atoms with Crippen LogP contribution in [-0.2, 0) is 6.54 Å². The van der Waals surface area contributed by atoms with Crippen LogP contribution in [0.2, 0.25) is 0 Å². The van der Waals surface area contributed by atoms with Gasteiger partial charge in [-0.25, -0.2) is 4.98 Å². The number of benzene rings is 1. The first-order valence-electron chi connectivity index (χ1n) is 9.76. The summed E-state index contributed by atoms with van der Waals surface area (Å²) in [7, 11) is 0. The molecule has 4 rings (SSSR count).